The summed E-state index contributed by atoms with van der Waals surface area (Å²) in [7, 11) is -3.41. The minimum absolute atomic E-state index is 0. The van der Waals surface area contributed by atoms with Crippen LogP contribution in [-0.4, -0.2) is 73.6 Å². The van der Waals surface area contributed by atoms with Crippen LogP contribution in [0.25, 0.3) is 0 Å². The lowest BCUT2D eigenvalue weighted by Gasteiger charge is -2.40. The van der Waals surface area contributed by atoms with Crippen molar-refractivity contribution in [2.24, 2.45) is 11.1 Å². The molecule has 0 aromatic heterocycles. The van der Waals surface area contributed by atoms with Gasteiger partial charge in [-0.15, -0.1) is 12.4 Å². The molecule has 26 heavy (non-hydrogen) atoms. The molecule has 0 spiro atoms. The molecule has 0 bridgehead atoms. The molecule has 0 aromatic carbocycles. The van der Waals surface area contributed by atoms with Gasteiger partial charge < -0.3 is 10.6 Å². The van der Waals surface area contributed by atoms with Gasteiger partial charge in [0.1, 0.15) is 0 Å². The molecule has 2 rings (SSSR count). The van der Waals surface area contributed by atoms with Gasteiger partial charge >= 0.3 is 0 Å². The number of amides is 1. The summed E-state index contributed by atoms with van der Waals surface area (Å²) in [6.07, 6.45) is 5.50. The van der Waals surface area contributed by atoms with E-state index in [1.165, 1.54) is 0 Å². The fourth-order valence-corrected chi connectivity index (χ4v) is 5.49. The van der Waals surface area contributed by atoms with Gasteiger partial charge in [-0.05, 0) is 25.7 Å². The summed E-state index contributed by atoms with van der Waals surface area (Å²) in [4.78, 5) is 14.7. The van der Waals surface area contributed by atoms with Gasteiger partial charge in [0.05, 0.1) is 5.41 Å². The van der Waals surface area contributed by atoms with E-state index in [-0.39, 0.29) is 18.3 Å². The van der Waals surface area contributed by atoms with Crippen molar-refractivity contribution in [1.82, 2.24) is 13.5 Å². The summed E-state index contributed by atoms with van der Waals surface area (Å²) in [5, 5.41) is 0. The highest BCUT2D eigenvalue weighted by atomic mass is 35.5. The van der Waals surface area contributed by atoms with Crippen molar-refractivity contribution in [3.63, 3.8) is 0 Å². The zero-order valence-electron chi connectivity index (χ0n) is 16.2. The Kier molecular flexibility index (Phi) is 9.29. The number of rotatable bonds is 6. The lowest BCUT2D eigenvalue weighted by Crippen LogP contribution is -2.57. The van der Waals surface area contributed by atoms with Crippen molar-refractivity contribution in [1.29, 1.82) is 0 Å². The molecule has 2 heterocycles. The maximum absolute atomic E-state index is 12.9. The van der Waals surface area contributed by atoms with Crippen molar-refractivity contribution >= 4 is 28.5 Å². The van der Waals surface area contributed by atoms with Gasteiger partial charge in [0.15, 0.2) is 0 Å². The summed E-state index contributed by atoms with van der Waals surface area (Å²) in [5.74, 6) is 0.0758. The average Bonchev–Trinajstić information content (AvgIpc) is 2.93. The largest absolute Gasteiger partial charge is 0.340 e. The zero-order chi connectivity index (χ0) is 18.5. The van der Waals surface area contributed by atoms with Crippen molar-refractivity contribution in [3.8, 4) is 0 Å². The molecular formula is C17H35ClN4O3S. The Morgan fingerprint density at radius 1 is 0.885 bits per heavy atom. The first-order valence-electron chi connectivity index (χ1n) is 9.66. The van der Waals surface area contributed by atoms with Crippen molar-refractivity contribution in [2.75, 3.05) is 45.8 Å². The Hall–Kier alpha value is -0.410. The second-order valence-electron chi connectivity index (χ2n) is 7.20. The van der Waals surface area contributed by atoms with Gasteiger partial charge in [0.2, 0.25) is 5.91 Å². The third-order valence-corrected chi connectivity index (χ3v) is 7.98. The minimum Gasteiger partial charge on any atom is -0.340 e. The quantitative estimate of drug-likeness (QED) is 0.717. The molecule has 2 fully saturated rings. The first kappa shape index (κ1) is 23.6. The van der Waals surface area contributed by atoms with Crippen LogP contribution in [0, 0.1) is 5.41 Å². The molecule has 7 nitrogen and oxygen atoms in total. The van der Waals surface area contributed by atoms with E-state index in [0.717, 1.165) is 25.7 Å². The number of carbonyl (C=O) groups is 1. The third kappa shape index (κ3) is 4.90. The molecule has 0 atom stereocenters. The van der Waals surface area contributed by atoms with Crippen LogP contribution >= 0.6 is 12.4 Å². The summed E-state index contributed by atoms with van der Waals surface area (Å²) in [6, 6.07) is 0. The molecule has 0 aromatic rings. The van der Waals surface area contributed by atoms with Crippen LogP contribution in [-0.2, 0) is 15.0 Å². The molecule has 2 aliphatic heterocycles. The smallest absolute Gasteiger partial charge is 0.282 e. The average molecular weight is 411 g/mol. The van der Waals surface area contributed by atoms with Gasteiger partial charge in [-0.25, -0.2) is 0 Å². The number of hydrogen-bond donors (Lipinski definition) is 1. The van der Waals surface area contributed by atoms with Crippen molar-refractivity contribution in [2.45, 2.75) is 52.4 Å². The number of halogens is 1. The number of nitrogens with zero attached hydrogens (tertiary/aromatic N) is 3. The maximum Gasteiger partial charge on any atom is 0.282 e. The molecule has 2 saturated heterocycles. The predicted octanol–water partition coefficient (Wildman–Crippen LogP) is 1.44. The van der Waals surface area contributed by atoms with Gasteiger partial charge in [-0.3, -0.25) is 4.79 Å². The lowest BCUT2D eigenvalue weighted by atomic mass is 9.81. The first-order valence-corrected chi connectivity index (χ1v) is 11.1. The van der Waals surface area contributed by atoms with E-state index in [9.17, 15) is 13.2 Å². The highest BCUT2D eigenvalue weighted by molar-refractivity contribution is 7.86. The van der Waals surface area contributed by atoms with Gasteiger partial charge in [-0.2, -0.15) is 17.0 Å². The van der Waals surface area contributed by atoms with E-state index in [2.05, 4.69) is 0 Å². The van der Waals surface area contributed by atoms with E-state index in [4.69, 9.17) is 5.73 Å². The number of carbonyl (C=O) groups excluding carboxylic acids is 1. The maximum atomic E-state index is 12.9. The van der Waals surface area contributed by atoms with Crippen LogP contribution in [0.4, 0.5) is 0 Å². The van der Waals surface area contributed by atoms with Crippen LogP contribution in [0.1, 0.15) is 52.4 Å². The van der Waals surface area contributed by atoms with Gasteiger partial charge in [-0.1, -0.05) is 26.7 Å². The van der Waals surface area contributed by atoms with Crippen LogP contribution < -0.4 is 5.73 Å². The van der Waals surface area contributed by atoms with Crippen molar-refractivity contribution in [3.05, 3.63) is 0 Å². The third-order valence-electron chi connectivity index (χ3n) is 5.94. The molecule has 2 N–H and O–H groups in total. The van der Waals surface area contributed by atoms with Crippen LogP contribution in [0.2, 0.25) is 0 Å². The van der Waals surface area contributed by atoms with Crippen LogP contribution in [0.5, 0.6) is 0 Å². The van der Waals surface area contributed by atoms with E-state index < -0.39 is 15.6 Å². The highest BCUT2D eigenvalue weighted by Gasteiger charge is 2.40. The number of nitrogens with two attached hydrogens (primary N) is 1. The topological polar surface area (TPSA) is 87.0 Å². The predicted molar refractivity (Wildman–Crippen MR) is 106 cm³/mol. The Labute approximate surface area is 164 Å². The Balaban J connectivity index is 0.00000338. The standard InChI is InChI=1S/C17H34N4O3S.ClH/c1-3-17(4-2,15-18)16(22)19-11-13-21(14-12-19)25(23,24)20-9-7-5-6-8-10-20;/h3-15,18H2,1-2H3;1H. The number of piperazine rings is 1. The van der Waals surface area contributed by atoms with E-state index in [1.54, 1.807) is 13.5 Å². The molecular weight excluding hydrogens is 376 g/mol. The summed E-state index contributed by atoms with van der Waals surface area (Å²) >= 11 is 0. The minimum atomic E-state index is -3.41. The zero-order valence-corrected chi connectivity index (χ0v) is 17.8. The molecule has 0 unspecified atom stereocenters. The second-order valence-corrected chi connectivity index (χ2v) is 9.13. The molecule has 0 radical (unpaired) electrons. The number of hydrogen-bond acceptors (Lipinski definition) is 4. The normalized spacial score (nSPS) is 21.1. The monoisotopic (exact) mass is 410 g/mol. The lowest BCUT2D eigenvalue weighted by molar-refractivity contribution is -0.143. The van der Waals surface area contributed by atoms with Crippen LogP contribution in [0.15, 0.2) is 0 Å². The van der Waals surface area contributed by atoms with Crippen molar-refractivity contribution < 1.29 is 13.2 Å². The summed E-state index contributed by atoms with van der Waals surface area (Å²) in [6.45, 7) is 7.21. The molecule has 154 valence electrons. The molecule has 2 aliphatic rings. The second kappa shape index (κ2) is 10.2. The summed E-state index contributed by atoms with van der Waals surface area (Å²) in [5.41, 5.74) is 5.38. The Morgan fingerprint density at radius 2 is 1.35 bits per heavy atom. The van der Waals surface area contributed by atoms with E-state index in [0.29, 0.717) is 58.7 Å². The van der Waals surface area contributed by atoms with E-state index >= 15 is 0 Å². The molecule has 0 aliphatic carbocycles. The summed E-state index contributed by atoms with van der Waals surface area (Å²) < 4.78 is 28.9. The fourth-order valence-electron chi connectivity index (χ4n) is 3.82. The SMILES string of the molecule is CCC(CC)(CN)C(=O)N1CCN(S(=O)(=O)N2CCCCCC2)CC1.Cl. The van der Waals surface area contributed by atoms with E-state index in [1.807, 2.05) is 13.8 Å². The Bertz CT molecular complexity index is 530. The first-order chi connectivity index (χ1) is 11.9. The highest BCUT2D eigenvalue weighted by Crippen LogP contribution is 2.28. The molecule has 1 amide bonds. The molecule has 9 heteroatoms. The van der Waals surface area contributed by atoms with Crippen LogP contribution in [0.3, 0.4) is 0 Å². The molecule has 0 saturated carbocycles. The fraction of sp³-hybridized carbons (Fsp3) is 0.941. The van der Waals surface area contributed by atoms with Gasteiger partial charge in [0.25, 0.3) is 10.2 Å². The Morgan fingerprint density at radius 3 is 1.77 bits per heavy atom. The van der Waals surface area contributed by atoms with Gasteiger partial charge in [0, 0.05) is 45.8 Å².